The van der Waals surface area contributed by atoms with Crippen LogP contribution < -0.4 is 5.73 Å². The molecule has 0 spiro atoms. The van der Waals surface area contributed by atoms with Gasteiger partial charge >= 0.3 is 0 Å². The highest BCUT2D eigenvalue weighted by Gasteiger charge is 2.26. The number of unbranched alkanes of at least 4 members (excludes halogenated alkanes) is 3. The average molecular weight is 239 g/mol. The van der Waals surface area contributed by atoms with Crippen LogP contribution in [0.3, 0.4) is 0 Å². The fourth-order valence-electron chi connectivity index (χ4n) is 2.52. The van der Waals surface area contributed by atoms with E-state index in [9.17, 15) is 0 Å². The van der Waals surface area contributed by atoms with Crippen LogP contribution in [0.15, 0.2) is 12.7 Å². The first-order chi connectivity index (χ1) is 8.27. The molecule has 2 nitrogen and oxygen atoms in total. The molecule has 0 amide bonds. The van der Waals surface area contributed by atoms with Gasteiger partial charge in [0.15, 0.2) is 0 Å². The molecule has 17 heavy (non-hydrogen) atoms. The second-order valence-electron chi connectivity index (χ2n) is 5.47. The Morgan fingerprint density at radius 3 is 2.41 bits per heavy atom. The number of rotatable bonds is 8. The van der Waals surface area contributed by atoms with Crippen molar-refractivity contribution in [1.29, 1.82) is 0 Å². The molecule has 1 aliphatic carbocycles. The van der Waals surface area contributed by atoms with E-state index in [2.05, 4.69) is 6.58 Å². The molecule has 0 radical (unpaired) electrons. The predicted molar refractivity (Wildman–Crippen MR) is 74.1 cm³/mol. The molecule has 0 aromatic heterocycles. The normalized spacial score (nSPS) is 19.8. The Bertz CT molecular complexity index is 195. The van der Waals surface area contributed by atoms with E-state index in [0.29, 0.717) is 0 Å². The molecule has 0 unspecified atom stereocenters. The summed E-state index contributed by atoms with van der Waals surface area (Å²) >= 11 is 0. The van der Waals surface area contributed by atoms with Crippen LogP contribution in [0.1, 0.15) is 64.2 Å². The highest BCUT2D eigenvalue weighted by Crippen LogP contribution is 2.25. The van der Waals surface area contributed by atoms with E-state index in [1.54, 1.807) is 0 Å². The first-order valence-corrected chi connectivity index (χ1v) is 7.24. The lowest BCUT2D eigenvalue weighted by Gasteiger charge is -2.27. The van der Waals surface area contributed by atoms with E-state index >= 15 is 0 Å². The Hall–Kier alpha value is -0.340. The second kappa shape index (κ2) is 8.71. The van der Waals surface area contributed by atoms with Gasteiger partial charge < -0.3 is 10.5 Å². The standard InChI is InChI=1S/C15H29NO/c1-2-3-4-7-10-13-17-14-15(16)11-8-5-6-9-12-15/h2H,1,3-14,16H2. The van der Waals surface area contributed by atoms with Crippen molar-refractivity contribution in [3.05, 3.63) is 12.7 Å². The van der Waals surface area contributed by atoms with Crippen molar-refractivity contribution >= 4 is 0 Å². The molecule has 0 heterocycles. The molecule has 0 aromatic rings. The third-order valence-corrected chi connectivity index (χ3v) is 3.69. The molecular formula is C15H29NO. The van der Waals surface area contributed by atoms with Crippen molar-refractivity contribution in [2.75, 3.05) is 13.2 Å². The number of hydrogen-bond acceptors (Lipinski definition) is 2. The quantitative estimate of drug-likeness (QED) is 0.397. The van der Waals surface area contributed by atoms with Crippen molar-refractivity contribution in [1.82, 2.24) is 0 Å². The van der Waals surface area contributed by atoms with E-state index in [1.165, 1.54) is 38.5 Å². The van der Waals surface area contributed by atoms with Crippen LogP contribution in [-0.2, 0) is 4.74 Å². The van der Waals surface area contributed by atoms with Crippen LogP contribution in [0.2, 0.25) is 0 Å². The summed E-state index contributed by atoms with van der Waals surface area (Å²) in [7, 11) is 0. The smallest absolute Gasteiger partial charge is 0.0646 e. The average Bonchev–Trinajstić information content (AvgIpc) is 2.53. The topological polar surface area (TPSA) is 35.2 Å². The van der Waals surface area contributed by atoms with Gasteiger partial charge in [-0.05, 0) is 32.1 Å². The van der Waals surface area contributed by atoms with Gasteiger partial charge in [-0.25, -0.2) is 0 Å². The van der Waals surface area contributed by atoms with Crippen molar-refractivity contribution in [2.45, 2.75) is 69.7 Å². The van der Waals surface area contributed by atoms with Gasteiger partial charge in [-0.15, -0.1) is 6.58 Å². The van der Waals surface area contributed by atoms with Gasteiger partial charge in [-0.1, -0.05) is 38.2 Å². The summed E-state index contributed by atoms with van der Waals surface area (Å²) in [5.74, 6) is 0. The summed E-state index contributed by atoms with van der Waals surface area (Å²) in [4.78, 5) is 0. The summed E-state index contributed by atoms with van der Waals surface area (Å²) in [5, 5.41) is 0. The number of nitrogens with two attached hydrogens (primary N) is 1. The molecule has 0 atom stereocenters. The maximum atomic E-state index is 6.38. The Morgan fingerprint density at radius 2 is 1.76 bits per heavy atom. The molecule has 0 bridgehead atoms. The first-order valence-electron chi connectivity index (χ1n) is 7.24. The molecule has 1 rings (SSSR count). The van der Waals surface area contributed by atoms with E-state index in [1.807, 2.05) is 6.08 Å². The minimum absolute atomic E-state index is 0.0301. The maximum absolute atomic E-state index is 6.38. The van der Waals surface area contributed by atoms with Gasteiger partial charge in [-0.3, -0.25) is 0 Å². The minimum Gasteiger partial charge on any atom is -0.380 e. The minimum atomic E-state index is -0.0301. The van der Waals surface area contributed by atoms with E-state index in [0.717, 1.165) is 38.9 Å². The Balaban J connectivity index is 2.02. The van der Waals surface area contributed by atoms with Crippen LogP contribution in [0.5, 0.6) is 0 Å². The third-order valence-electron chi connectivity index (χ3n) is 3.69. The van der Waals surface area contributed by atoms with E-state index in [-0.39, 0.29) is 5.54 Å². The zero-order valence-electron chi connectivity index (χ0n) is 11.3. The van der Waals surface area contributed by atoms with Crippen molar-refractivity contribution in [3.63, 3.8) is 0 Å². The van der Waals surface area contributed by atoms with Crippen LogP contribution >= 0.6 is 0 Å². The summed E-state index contributed by atoms with van der Waals surface area (Å²) in [6, 6.07) is 0. The highest BCUT2D eigenvalue weighted by molar-refractivity contribution is 4.85. The van der Waals surface area contributed by atoms with Crippen LogP contribution in [0.25, 0.3) is 0 Å². The lowest BCUT2D eigenvalue weighted by atomic mass is 9.93. The Labute approximate surface area is 107 Å². The maximum Gasteiger partial charge on any atom is 0.0646 e. The molecule has 2 heteroatoms. The van der Waals surface area contributed by atoms with E-state index in [4.69, 9.17) is 10.5 Å². The Morgan fingerprint density at radius 1 is 1.06 bits per heavy atom. The Kier molecular flexibility index (Phi) is 7.54. The van der Waals surface area contributed by atoms with Gasteiger partial charge in [0.25, 0.3) is 0 Å². The molecule has 2 N–H and O–H groups in total. The van der Waals surface area contributed by atoms with Crippen LogP contribution in [0.4, 0.5) is 0 Å². The second-order valence-corrected chi connectivity index (χ2v) is 5.47. The van der Waals surface area contributed by atoms with Crippen LogP contribution in [-0.4, -0.2) is 18.8 Å². The molecular weight excluding hydrogens is 210 g/mol. The fourth-order valence-corrected chi connectivity index (χ4v) is 2.52. The number of allylic oxidation sites excluding steroid dienone is 1. The van der Waals surface area contributed by atoms with Crippen molar-refractivity contribution < 1.29 is 4.74 Å². The van der Waals surface area contributed by atoms with Crippen molar-refractivity contribution in [3.8, 4) is 0 Å². The molecule has 0 saturated heterocycles. The predicted octanol–water partition coefficient (Wildman–Crippen LogP) is 3.80. The molecule has 1 fully saturated rings. The zero-order valence-corrected chi connectivity index (χ0v) is 11.3. The third kappa shape index (κ3) is 6.85. The highest BCUT2D eigenvalue weighted by atomic mass is 16.5. The summed E-state index contributed by atoms with van der Waals surface area (Å²) in [6.45, 7) is 5.36. The zero-order chi connectivity index (χ0) is 12.4. The fraction of sp³-hybridized carbons (Fsp3) is 0.867. The lowest BCUT2D eigenvalue weighted by molar-refractivity contribution is 0.0753. The van der Waals surface area contributed by atoms with Gasteiger partial charge in [0.05, 0.1) is 6.61 Å². The lowest BCUT2D eigenvalue weighted by Crippen LogP contribution is -2.44. The number of ether oxygens (including phenoxy) is 1. The van der Waals surface area contributed by atoms with Gasteiger partial charge in [0.1, 0.15) is 0 Å². The van der Waals surface area contributed by atoms with Gasteiger partial charge in [-0.2, -0.15) is 0 Å². The van der Waals surface area contributed by atoms with E-state index < -0.39 is 0 Å². The molecule has 0 aliphatic heterocycles. The first kappa shape index (κ1) is 14.7. The largest absolute Gasteiger partial charge is 0.380 e. The van der Waals surface area contributed by atoms with Crippen LogP contribution in [0, 0.1) is 0 Å². The van der Waals surface area contributed by atoms with Gasteiger partial charge in [0.2, 0.25) is 0 Å². The molecule has 1 aliphatic rings. The van der Waals surface area contributed by atoms with Gasteiger partial charge in [0, 0.05) is 12.1 Å². The summed E-state index contributed by atoms with van der Waals surface area (Å²) < 4.78 is 5.76. The van der Waals surface area contributed by atoms with Crippen molar-refractivity contribution in [2.24, 2.45) is 5.73 Å². The molecule has 100 valence electrons. The number of hydrogen-bond donors (Lipinski definition) is 1. The summed E-state index contributed by atoms with van der Waals surface area (Å²) in [5.41, 5.74) is 6.35. The molecule has 0 aromatic carbocycles. The monoisotopic (exact) mass is 239 g/mol. The SMILES string of the molecule is C=CCCCCCOCC1(N)CCCCCC1. The summed E-state index contributed by atoms with van der Waals surface area (Å²) in [6.07, 6.45) is 14.3. The molecule has 1 saturated carbocycles.